The van der Waals surface area contributed by atoms with Crippen LogP contribution in [0.5, 0.6) is 0 Å². The monoisotopic (exact) mass is 395 g/mol. The van der Waals surface area contributed by atoms with Gasteiger partial charge in [-0.25, -0.2) is 9.48 Å². The number of ether oxygens (including phenoxy) is 1. The summed E-state index contributed by atoms with van der Waals surface area (Å²) in [7, 11) is 0. The van der Waals surface area contributed by atoms with Crippen molar-refractivity contribution in [1.82, 2.24) is 9.78 Å². The van der Waals surface area contributed by atoms with Crippen LogP contribution >= 0.6 is 0 Å². The van der Waals surface area contributed by atoms with E-state index in [9.17, 15) is 22.8 Å². The Balaban J connectivity index is 1.54. The molecule has 2 bridgehead atoms. The van der Waals surface area contributed by atoms with Crippen LogP contribution in [0, 0.1) is 5.92 Å². The molecule has 2 N–H and O–H groups in total. The third-order valence-corrected chi connectivity index (χ3v) is 5.09. The third kappa shape index (κ3) is 3.24. The number of carbonyl (C=O) groups is 2. The number of anilines is 1. The predicted octanol–water partition coefficient (Wildman–Crippen LogP) is 3.10. The Bertz CT molecular complexity index is 923. The highest BCUT2D eigenvalue weighted by atomic mass is 19.4. The summed E-state index contributed by atoms with van der Waals surface area (Å²) in [5.41, 5.74) is -1.84. The van der Waals surface area contributed by atoms with Crippen molar-refractivity contribution in [3.8, 4) is 5.69 Å². The van der Waals surface area contributed by atoms with Crippen LogP contribution in [-0.2, 0) is 15.7 Å². The minimum Gasteiger partial charge on any atom is -0.478 e. The Morgan fingerprint density at radius 1 is 1.21 bits per heavy atom. The molecule has 0 aliphatic carbocycles. The molecular weight excluding hydrogens is 379 g/mol. The number of hydrogen-bond donors (Lipinski definition) is 2. The van der Waals surface area contributed by atoms with Crippen LogP contribution < -0.4 is 5.32 Å². The second-order valence-electron chi connectivity index (χ2n) is 6.87. The number of rotatable bonds is 4. The number of carboxylic acids is 1. The number of alkyl halides is 3. The van der Waals surface area contributed by atoms with Crippen molar-refractivity contribution in [3.05, 3.63) is 41.7 Å². The minimum atomic E-state index is -4.89. The number of carbonyl (C=O) groups excluding carboxylic acids is 1. The summed E-state index contributed by atoms with van der Waals surface area (Å²) in [5, 5.41) is 15.3. The van der Waals surface area contributed by atoms with Crippen LogP contribution in [0.3, 0.4) is 0 Å². The van der Waals surface area contributed by atoms with Gasteiger partial charge < -0.3 is 15.2 Å². The zero-order valence-corrected chi connectivity index (χ0v) is 14.4. The van der Waals surface area contributed by atoms with E-state index in [0.29, 0.717) is 23.0 Å². The molecule has 0 spiro atoms. The zero-order valence-electron chi connectivity index (χ0n) is 14.4. The fourth-order valence-electron chi connectivity index (χ4n) is 3.81. The zero-order chi connectivity index (χ0) is 20.1. The molecule has 1 amide bonds. The van der Waals surface area contributed by atoms with Crippen molar-refractivity contribution in [2.75, 3.05) is 5.32 Å². The fourth-order valence-corrected chi connectivity index (χ4v) is 3.81. The van der Waals surface area contributed by atoms with Gasteiger partial charge in [-0.3, -0.25) is 4.79 Å². The molecule has 3 heterocycles. The van der Waals surface area contributed by atoms with Crippen molar-refractivity contribution in [2.45, 2.75) is 37.6 Å². The summed E-state index contributed by atoms with van der Waals surface area (Å²) in [6.07, 6.45) is -1.67. The van der Waals surface area contributed by atoms with Gasteiger partial charge in [-0.05, 0) is 43.5 Å². The SMILES string of the molecule is O=C(O)c1cnn(-c2ccc(NC(=O)C3CC4CCC3O4)cc2)c1C(F)(F)F. The largest absolute Gasteiger partial charge is 0.478 e. The Morgan fingerprint density at radius 2 is 1.93 bits per heavy atom. The average molecular weight is 395 g/mol. The molecule has 2 aromatic rings. The summed E-state index contributed by atoms with van der Waals surface area (Å²) < 4.78 is 46.1. The Morgan fingerprint density at radius 3 is 2.46 bits per heavy atom. The van der Waals surface area contributed by atoms with Gasteiger partial charge >= 0.3 is 12.1 Å². The maximum Gasteiger partial charge on any atom is 0.434 e. The van der Waals surface area contributed by atoms with Crippen LogP contribution in [0.25, 0.3) is 5.69 Å². The summed E-state index contributed by atoms with van der Waals surface area (Å²) in [6, 6.07) is 5.56. The first-order valence-electron chi connectivity index (χ1n) is 8.69. The Labute approximate surface area is 157 Å². The third-order valence-electron chi connectivity index (χ3n) is 5.09. The van der Waals surface area contributed by atoms with E-state index in [1.807, 2.05) is 0 Å². The van der Waals surface area contributed by atoms with Crippen molar-refractivity contribution >= 4 is 17.6 Å². The molecule has 2 saturated heterocycles. The highest BCUT2D eigenvalue weighted by Gasteiger charge is 2.44. The van der Waals surface area contributed by atoms with Crippen LogP contribution in [0.15, 0.2) is 30.5 Å². The molecule has 3 atom stereocenters. The molecule has 2 aliphatic rings. The van der Waals surface area contributed by atoms with Gasteiger partial charge in [0.25, 0.3) is 0 Å². The lowest BCUT2D eigenvalue weighted by Gasteiger charge is -2.18. The number of benzene rings is 1. The number of carboxylic acid groups (broad SMARTS) is 1. The van der Waals surface area contributed by atoms with Gasteiger partial charge in [-0.1, -0.05) is 0 Å². The first kappa shape index (κ1) is 18.5. The molecule has 2 fully saturated rings. The van der Waals surface area contributed by atoms with Crippen LogP contribution in [0.4, 0.5) is 18.9 Å². The second-order valence-corrected chi connectivity index (χ2v) is 6.87. The maximum atomic E-state index is 13.3. The topological polar surface area (TPSA) is 93.5 Å². The van der Waals surface area contributed by atoms with Gasteiger partial charge in [0.2, 0.25) is 5.91 Å². The van der Waals surface area contributed by atoms with Gasteiger partial charge in [0.15, 0.2) is 5.69 Å². The van der Waals surface area contributed by atoms with Crippen molar-refractivity contribution in [1.29, 1.82) is 0 Å². The Hall–Kier alpha value is -2.88. The molecule has 28 heavy (non-hydrogen) atoms. The van der Waals surface area contributed by atoms with Crippen LogP contribution in [0.1, 0.15) is 35.3 Å². The van der Waals surface area contributed by atoms with Crippen molar-refractivity contribution in [3.63, 3.8) is 0 Å². The highest BCUT2D eigenvalue weighted by molar-refractivity contribution is 5.93. The number of nitrogens with one attached hydrogen (secondary N) is 1. The summed E-state index contributed by atoms with van der Waals surface area (Å²) >= 11 is 0. The van der Waals surface area contributed by atoms with E-state index < -0.39 is 23.4 Å². The molecule has 2 aliphatic heterocycles. The van der Waals surface area contributed by atoms with E-state index in [4.69, 9.17) is 9.84 Å². The molecule has 1 aromatic heterocycles. The van der Waals surface area contributed by atoms with Crippen molar-refractivity contribution < 1.29 is 32.6 Å². The number of hydrogen-bond acceptors (Lipinski definition) is 4. The van der Waals surface area contributed by atoms with Crippen LogP contribution in [0.2, 0.25) is 0 Å². The van der Waals surface area contributed by atoms with E-state index >= 15 is 0 Å². The molecule has 148 valence electrons. The second kappa shape index (κ2) is 6.62. The first-order chi connectivity index (χ1) is 13.2. The lowest BCUT2D eigenvalue weighted by molar-refractivity contribution is -0.143. The quantitative estimate of drug-likeness (QED) is 0.830. The molecule has 0 radical (unpaired) electrons. The smallest absolute Gasteiger partial charge is 0.434 e. The predicted molar refractivity (Wildman–Crippen MR) is 90.2 cm³/mol. The van der Waals surface area contributed by atoms with E-state index in [1.54, 1.807) is 0 Å². The molecule has 0 saturated carbocycles. The van der Waals surface area contributed by atoms with Gasteiger partial charge in [-0.2, -0.15) is 18.3 Å². The number of amides is 1. The van der Waals surface area contributed by atoms with Crippen LogP contribution in [-0.4, -0.2) is 39.0 Å². The lowest BCUT2D eigenvalue weighted by atomic mass is 9.88. The highest BCUT2D eigenvalue weighted by Crippen LogP contribution is 2.39. The Kier molecular flexibility index (Phi) is 4.37. The molecular formula is C18H16F3N3O4. The summed E-state index contributed by atoms with van der Waals surface area (Å²) in [5.74, 6) is -2.11. The van der Waals surface area contributed by atoms with Crippen molar-refractivity contribution in [2.24, 2.45) is 5.92 Å². The number of aromatic nitrogens is 2. The van der Waals surface area contributed by atoms with E-state index in [1.165, 1.54) is 24.3 Å². The van der Waals surface area contributed by atoms with Gasteiger partial charge in [-0.15, -0.1) is 0 Å². The molecule has 7 nitrogen and oxygen atoms in total. The lowest BCUT2D eigenvalue weighted by Crippen LogP contribution is -2.30. The minimum absolute atomic E-state index is 0.0288. The number of fused-ring (bicyclic) bond motifs is 2. The standard InChI is InChI=1S/C18H16F3N3O4/c19-18(20,21)15-13(17(26)27)8-22-24(15)10-3-1-9(2-4-10)23-16(25)12-7-11-5-6-14(12)28-11/h1-4,8,11-12,14H,5-7H2,(H,23,25)(H,26,27). The van der Waals surface area contributed by atoms with Gasteiger partial charge in [0, 0.05) is 5.69 Å². The average Bonchev–Trinajstić information content (AvgIpc) is 3.36. The number of nitrogens with zero attached hydrogens (tertiary/aromatic N) is 2. The van der Waals surface area contributed by atoms with Gasteiger partial charge in [0.05, 0.1) is 30.0 Å². The molecule has 10 heteroatoms. The van der Waals surface area contributed by atoms with Gasteiger partial charge in [0.1, 0.15) is 5.56 Å². The van der Waals surface area contributed by atoms with E-state index in [2.05, 4.69) is 10.4 Å². The summed E-state index contributed by atoms with van der Waals surface area (Å²) in [6.45, 7) is 0. The number of halogens is 3. The molecule has 3 unspecified atom stereocenters. The summed E-state index contributed by atoms with van der Waals surface area (Å²) in [4.78, 5) is 23.5. The van der Waals surface area contributed by atoms with E-state index in [-0.39, 0.29) is 29.7 Å². The number of aromatic carboxylic acids is 1. The fraction of sp³-hybridized carbons (Fsp3) is 0.389. The maximum absolute atomic E-state index is 13.3. The normalized spacial score (nSPS) is 23.8. The first-order valence-corrected chi connectivity index (χ1v) is 8.69. The van der Waals surface area contributed by atoms with E-state index in [0.717, 1.165) is 12.8 Å². The molecule has 4 rings (SSSR count). The molecule has 1 aromatic carbocycles.